The molecule has 0 amide bonds. The van der Waals surface area contributed by atoms with Crippen LogP contribution < -0.4 is 0 Å². The number of nitrogens with zero attached hydrogens (tertiary/aromatic N) is 2. The maximum absolute atomic E-state index is 10.8. The summed E-state index contributed by atoms with van der Waals surface area (Å²) in [6, 6.07) is 9.83. The molecule has 1 fully saturated rings. The van der Waals surface area contributed by atoms with E-state index in [2.05, 4.69) is 0 Å². The molecule has 0 bridgehead atoms. The normalized spacial score (nSPS) is 15.5. The molecule has 0 spiro atoms. The first-order valence-electron chi connectivity index (χ1n) is 6.81. The summed E-state index contributed by atoms with van der Waals surface area (Å²) in [7, 11) is 0. The van der Waals surface area contributed by atoms with Crippen LogP contribution in [0.2, 0.25) is 0 Å². The van der Waals surface area contributed by atoms with E-state index in [9.17, 15) is 14.9 Å². The fourth-order valence-corrected chi connectivity index (χ4v) is 2.47. The SMILES string of the molecule is O=C(O)C1CN(Cc2ccc(-c3cccc([N+](=O)[O-])c3)o2)C1. The Morgan fingerprint density at radius 2 is 2.14 bits per heavy atom. The smallest absolute Gasteiger partial charge is 0.309 e. The first-order valence-corrected chi connectivity index (χ1v) is 6.81. The van der Waals surface area contributed by atoms with Crippen molar-refractivity contribution in [1.82, 2.24) is 4.90 Å². The van der Waals surface area contributed by atoms with Crippen LogP contribution in [-0.2, 0) is 11.3 Å². The van der Waals surface area contributed by atoms with Crippen molar-refractivity contribution in [3.05, 3.63) is 52.3 Å². The molecular weight excluding hydrogens is 288 g/mol. The molecule has 0 atom stereocenters. The van der Waals surface area contributed by atoms with Gasteiger partial charge in [0, 0.05) is 30.8 Å². The number of likely N-dealkylation sites (tertiary alicyclic amines) is 1. The number of aliphatic carboxylic acids is 1. The third-order valence-corrected chi connectivity index (χ3v) is 3.69. The van der Waals surface area contributed by atoms with E-state index in [1.54, 1.807) is 18.2 Å². The van der Waals surface area contributed by atoms with Crippen LogP contribution in [0.1, 0.15) is 5.76 Å². The number of furan rings is 1. The molecule has 2 heterocycles. The largest absolute Gasteiger partial charge is 0.481 e. The second kappa shape index (κ2) is 5.61. The highest BCUT2D eigenvalue weighted by Gasteiger charge is 2.32. The molecule has 0 aliphatic carbocycles. The number of benzene rings is 1. The van der Waals surface area contributed by atoms with Gasteiger partial charge in [-0.15, -0.1) is 0 Å². The molecule has 1 aliphatic heterocycles. The monoisotopic (exact) mass is 302 g/mol. The summed E-state index contributed by atoms with van der Waals surface area (Å²) in [6.07, 6.45) is 0. The van der Waals surface area contributed by atoms with Crippen LogP contribution in [0.4, 0.5) is 5.69 Å². The van der Waals surface area contributed by atoms with Gasteiger partial charge in [-0.05, 0) is 12.1 Å². The van der Waals surface area contributed by atoms with E-state index < -0.39 is 10.9 Å². The van der Waals surface area contributed by atoms with Crippen molar-refractivity contribution >= 4 is 11.7 Å². The van der Waals surface area contributed by atoms with E-state index in [1.807, 2.05) is 11.0 Å². The van der Waals surface area contributed by atoms with Gasteiger partial charge >= 0.3 is 5.97 Å². The Bertz CT molecular complexity index is 718. The lowest BCUT2D eigenvalue weighted by molar-refractivity contribution is -0.384. The van der Waals surface area contributed by atoms with Crippen molar-refractivity contribution < 1.29 is 19.2 Å². The second-order valence-electron chi connectivity index (χ2n) is 5.30. The number of carboxylic acids is 1. The fraction of sp³-hybridized carbons (Fsp3) is 0.267. The van der Waals surface area contributed by atoms with Crippen LogP contribution in [0.15, 0.2) is 40.8 Å². The van der Waals surface area contributed by atoms with E-state index in [-0.39, 0.29) is 11.6 Å². The molecule has 114 valence electrons. The zero-order valence-electron chi connectivity index (χ0n) is 11.6. The van der Waals surface area contributed by atoms with Crippen molar-refractivity contribution in [3.8, 4) is 11.3 Å². The molecule has 2 aromatic rings. The Morgan fingerprint density at radius 1 is 1.36 bits per heavy atom. The molecule has 1 aromatic heterocycles. The number of carbonyl (C=O) groups is 1. The molecule has 1 aliphatic rings. The number of nitro groups is 1. The van der Waals surface area contributed by atoms with Crippen LogP contribution in [0.5, 0.6) is 0 Å². The predicted molar refractivity (Wildman–Crippen MR) is 77.2 cm³/mol. The van der Waals surface area contributed by atoms with Gasteiger partial charge in [-0.3, -0.25) is 19.8 Å². The lowest BCUT2D eigenvalue weighted by atomic mass is 10.0. The summed E-state index contributed by atoms with van der Waals surface area (Å²) in [5.74, 6) is 0.207. The van der Waals surface area contributed by atoms with Crippen molar-refractivity contribution in [2.75, 3.05) is 13.1 Å². The highest BCUT2D eigenvalue weighted by molar-refractivity contribution is 5.71. The summed E-state index contributed by atoms with van der Waals surface area (Å²) >= 11 is 0. The van der Waals surface area contributed by atoms with E-state index in [0.29, 0.717) is 36.7 Å². The third kappa shape index (κ3) is 2.84. The van der Waals surface area contributed by atoms with Gasteiger partial charge in [0.2, 0.25) is 0 Å². The molecule has 1 saturated heterocycles. The van der Waals surface area contributed by atoms with Gasteiger partial charge in [-0.2, -0.15) is 0 Å². The van der Waals surface area contributed by atoms with Crippen LogP contribution in [0.25, 0.3) is 11.3 Å². The molecule has 7 heteroatoms. The number of hydrogen-bond donors (Lipinski definition) is 1. The maximum atomic E-state index is 10.8. The molecule has 1 N–H and O–H groups in total. The third-order valence-electron chi connectivity index (χ3n) is 3.69. The first-order chi connectivity index (χ1) is 10.5. The van der Waals surface area contributed by atoms with Gasteiger partial charge in [-0.1, -0.05) is 12.1 Å². The average molecular weight is 302 g/mol. The topological polar surface area (TPSA) is 96.8 Å². The van der Waals surface area contributed by atoms with Crippen LogP contribution in [0, 0.1) is 16.0 Å². The van der Waals surface area contributed by atoms with Crippen molar-refractivity contribution in [1.29, 1.82) is 0 Å². The average Bonchev–Trinajstić information content (AvgIpc) is 2.90. The van der Waals surface area contributed by atoms with Gasteiger partial charge in [0.15, 0.2) is 0 Å². The van der Waals surface area contributed by atoms with Gasteiger partial charge in [0.1, 0.15) is 11.5 Å². The number of hydrogen-bond acceptors (Lipinski definition) is 5. The van der Waals surface area contributed by atoms with Gasteiger partial charge in [0.25, 0.3) is 5.69 Å². The van der Waals surface area contributed by atoms with Crippen molar-refractivity contribution in [3.63, 3.8) is 0 Å². The molecule has 3 rings (SSSR count). The van der Waals surface area contributed by atoms with Crippen LogP contribution in [0.3, 0.4) is 0 Å². The second-order valence-corrected chi connectivity index (χ2v) is 5.30. The minimum atomic E-state index is -0.770. The Hall–Kier alpha value is -2.67. The highest BCUT2D eigenvalue weighted by atomic mass is 16.6. The Balaban J connectivity index is 1.68. The number of non-ortho nitro benzene ring substituents is 1. The van der Waals surface area contributed by atoms with Crippen molar-refractivity contribution in [2.45, 2.75) is 6.54 Å². The number of rotatable bonds is 5. The molecule has 0 radical (unpaired) electrons. The minimum Gasteiger partial charge on any atom is -0.481 e. The molecule has 0 unspecified atom stereocenters. The van der Waals surface area contributed by atoms with Gasteiger partial charge in [0.05, 0.1) is 17.4 Å². The highest BCUT2D eigenvalue weighted by Crippen LogP contribution is 2.27. The predicted octanol–water partition coefficient (Wildman–Crippen LogP) is 2.37. The van der Waals surface area contributed by atoms with E-state index in [4.69, 9.17) is 9.52 Å². The Morgan fingerprint density at radius 3 is 2.82 bits per heavy atom. The first kappa shape index (κ1) is 14.3. The zero-order valence-corrected chi connectivity index (χ0v) is 11.6. The number of carboxylic acid groups (broad SMARTS) is 1. The Kier molecular flexibility index (Phi) is 3.64. The minimum absolute atomic E-state index is 0.0162. The number of nitro benzene ring substituents is 1. The lowest BCUT2D eigenvalue weighted by Crippen LogP contribution is -2.49. The van der Waals surface area contributed by atoms with Crippen LogP contribution >= 0.6 is 0 Å². The van der Waals surface area contributed by atoms with E-state index in [1.165, 1.54) is 12.1 Å². The van der Waals surface area contributed by atoms with E-state index >= 15 is 0 Å². The molecule has 22 heavy (non-hydrogen) atoms. The van der Waals surface area contributed by atoms with Gasteiger partial charge < -0.3 is 9.52 Å². The standard InChI is InChI=1S/C15H14N2O5/c18-15(19)11-7-16(8-11)9-13-4-5-14(22-13)10-2-1-3-12(6-10)17(20)21/h1-6,11H,7-9H2,(H,18,19). The van der Waals surface area contributed by atoms with Gasteiger partial charge in [-0.25, -0.2) is 0 Å². The summed E-state index contributed by atoms with van der Waals surface area (Å²) in [4.78, 5) is 23.1. The molecule has 1 aromatic carbocycles. The molecule has 0 saturated carbocycles. The molecule has 7 nitrogen and oxygen atoms in total. The molecular formula is C15H14N2O5. The quantitative estimate of drug-likeness (QED) is 0.672. The zero-order chi connectivity index (χ0) is 15.7. The summed E-state index contributed by atoms with van der Waals surface area (Å²) in [5.41, 5.74) is 0.662. The summed E-state index contributed by atoms with van der Waals surface area (Å²) in [6.45, 7) is 1.57. The Labute approximate surface area is 125 Å². The van der Waals surface area contributed by atoms with Crippen molar-refractivity contribution in [2.24, 2.45) is 5.92 Å². The fourth-order valence-electron chi connectivity index (χ4n) is 2.47. The maximum Gasteiger partial charge on any atom is 0.309 e. The summed E-state index contributed by atoms with van der Waals surface area (Å²) < 4.78 is 5.69. The lowest BCUT2D eigenvalue weighted by Gasteiger charge is -2.35. The van der Waals surface area contributed by atoms with E-state index in [0.717, 1.165) is 0 Å². The van der Waals surface area contributed by atoms with Crippen LogP contribution in [-0.4, -0.2) is 34.0 Å². The summed E-state index contributed by atoms with van der Waals surface area (Å²) in [5, 5.41) is 19.6.